The van der Waals surface area contributed by atoms with Gasteiger partial charge in [-0.2, -0.15) is 0 Å². The van der Waals surface area contributed by atoms with E-state index in [1.54, 1.807) is 12.3 Å². The van der Waals surface area contributed by atoms with Gasteiger partial charge >= 0.3 is 0 Å². The molecule has 0 spiro atoms. The summed E-state index contributed by atoms with van der Waals surface area (Å²) in [7, 11) is 0. The number of nitrogens with one attached hydrogen (secondary N) is 1. The van der Waals surface area contributed by atoms with Crippen LogP contribution < -0.4 is 14.8 Å². The number of halogens is 1. The zero-order valence-corrected chi connectivity index (χ0v) is 17.9. The zero-order valence-electron chi connectivity index (χ0n) is 17.1. The molecule has 2 aromatic rings. The third-order valence-electron chi connectivity index (χ3n) is 4.82. The van der Waals surface area contributed by atoms with Gasteiger partial charge in [-0.15, -0.1) is 12.4 Å². The van der Waals surface area contributed by atoms with Crippen LogP contribution in [0.25, 0.3) is 0 Å². The summed E-state index contributed by atoms with van der Waals surface area (Å²) in [5.74, 6) is 1.31. The number of hydrogen-bond donors (Lipinski definition) is 1. The molecule has 1 unspecified atom stereocenters. The van der Waals surface area contributed by atoms with E-state index in [1.165, 1.54) is 0 Å². The van der Waals surface area contributed by atoms with Gasteiger partial charge in [0.1, 0.15) is 0 Å². The lowest BCUT2D eigenvalue weighted by Gasteiger charge is -2.36. The topological polar surface area (TPSA) is 63.7 Å². The molecule has 0 radical (unpaired) electrons. The van der Waals surface area contributed by atoms with Crippen molar-refractivity contribution in [2.45, 2.75) is 32.7 Å². The van der Waals surface area contributed by atoms with E-state index in [2.05, 4.69) is 17.2 Å². The van der Waals surface area contributed by atoms with Gasteiger partial charge in [-0.1, -0.05) is 19.4 Å². The SMILES string of the molecule is CCCCOc1ccc(C(=O)N2CCNCC2c2cccnc2)cc1OCC.Cl. The highest BCUT2D eigenvalue weighted by atomic mass is 35.5. The maximum atomic E-state index is 13.3. The van der Waals surface area contributed by atoms with Crippen molar-refractivity contribution in [2.75, 3.05) is 32.8 Å². The third kappa shape index (κ3) is 5.84. The second kappa shape index (κ2) is 11.6. The van der Waals surface area contributed by atoms with Gasteiger partial charge in [-0.25, -0.2) is 0 Å². The monoisotopic (exact) mass is 419 g/mol. The minimum atomic E-state index is -0.0361. The molecule has 7 heteroatoms. The molecule has 1 aliphatic rings. The summed E-state index contributed by atoms with van der Waals surface area (Å²) in [6.45, 7) is 7.36. The Balaban J connectivity index is 0.00000300. The van der Waals surface area contributed by atoms with Crippen LogP contribution in [0.15, 0.2) is 42.7 Å². The van der Waals surface area contributed by atoms with Gasteiger partial charge in [0, 0.05) is 37.6 Å². The summed E-state index contributed by atoms with van der Waals surface area (Å²) < 4.78 is 11.6. The number of hydrogen-bond acceptors (Lipinski definition) is 5. The van der Waals surface area contributed by atoms with E-state index in [4.69, 9.17) is 9.47 Å². The lowest BCUT2D eigenvalue weighted by molar-refractivity contribution is 0.0633. The fraction of sp³-hybridized carbons (Fsp3) is 0.455. The fourth-order valence-corrected chi connectivity index (χ4v) is 3.34. The molecule has 1 aromatic heterocycles. The Kier molecular flexibility index (Phi) is 9.22. The first-order valence-electron chi connectivity index (χ1n) is 10.1. The number of nitrogens with zero attached hydrogens (tertiary/aromatic N) is 2. The normalized spacial score (nSPS) is 16.1. The van der Waals surface area contributed by atoms with Crippen molar-refractivity contribution in [2.24, 2.45) is 0 Å². The molecule has 1 aliphatic heterocycles. The summed E-state index contributed by atoms with van der Waals surface area (Å²) in [5.41, 5.74) is 1.65. The molecule has 0 saturated carbocycles. The number of benzene rings is 1. The first kappa shape index (κ1) is 23.0. The van der Waals surface area contributed by atoms with Gasteiger partial charge in [0.15, 0.2) is 11.5 Å². The van der Waals surface area contributed by atoms with E-state index in [-0.39, 0.29) is 24.4 Å². The lowest BCUT2D eigenvalue weighted by Crippen LogP contribution is -2.48. The van der Waals surface area contributed by atoms with Crippen molar-refractivity contribution < 1.29 is 14.3 Å². The summed E-state index contributed by atoms with van der Waals surface area (Å²) in [4.78, 5) is 19.4. The molecule has 0 bridgehead atoms. The maximum Gasteiger partial charge on any atom is 0.254 e. The van der Waals surface area contributed by atoms with E-state index in [9.17, 15) is 4.79 Å². The quantitative estimate of drug-likeness (QED) is 0.658. The van der Waals surface area contributed by atoms with Crippen molar-refractivity contribution in [1.82, 2.24) is 15.2 Å². The number of aromatic nitrogens is 1. The molecule has 6 nitrogen and oxygen atoms in total. The van der Waals surface area contributed by atoms with E-state index < -0.39 is 0 Å². The Morgan fingerprint density at radius 1 is 1.24 bits per heavy atom. The number of pyridine rings is 1. The highest BCUT2D eigenvalue weighted by molar-refractivity contribution is 5.95. The average Bonchev–Trinajstić information content (AvgIpc) is 2.75. The van der Waals surface area contributed by atoms with Crippen molar-refractivity contribution in [1.29, 1.82) is 0 Å². The van der Waals surface area contributed by atoms with E-state index in [0.717, 1.165) is 24.9 Å². The Bertz CT molecular complexity index is 773. The van der Waals surface area contributed by atoms with Crippen LogP contribution in [0.5, 0.6) is 11.5 Å². The number of carbonyl (C=O) groups excluding carboxylic acids is 1. The number of piperazine rings is 1. The van der Waals surface area contributed by atoms with Gasteiger partial charge in [-0.3, -0.25) is 9.78 Å². The first-order valence-corrected chi connectivity index (χ1v) is 10.1. The van der Waals surface area contributed by atoms with E-state index in [0.29, 0.717) is 43.4 Å². The zero-order chi connectivity index (χ0) is 19.8. The molecule has 29 heavy (non-hydrogen) atoms. The van der Waals surface area contributed by atoms with Gasteiger partial charge in [-0.05, 0) is 43.2 Å². The van der Waals surface area contributed by atoms with E-state index >= 15 is 0 Å². The largest absolute Gasteiger partial charge is 0.490 e. The van der Waals surface area contributed by atoms with E-state index in [1.807, 2.05) is 42.3 Å². The Labute approximate surface area is 179 Å². The van der Waals surface area contributed by atoms with Crippen LogP contribution in [0, 0.1) is 0 Å². The Morgan fingerprint density at radius 2 is 2.10 bits per heavy atom. The molecule has 1 fully saturated rings. The van der Waals surface area contributed by atoms with Crippen LogP contribution in [0.4, 0.5) is 0 Å². The molecule has 1 amide bonds. The molecule has 1 saturated heterocycles. The molecular formula is C22H30ClN3O3. The van der Waals surface area contributed by atoms with Crippen LogP contribution in [-0.4, -0.2) is 48.6 Å². The smallest absolute Gasteiger partial charge is 0.254 e. The lowest BCUT2D eigenvalue weighted by atomic mass is 10.0. The highest BCUT2D eigenvalue weighted by Gasteiger charge is 2.29. The highest BCUT2D eigenvalue weighted by Crippen LogP contribution is 2.31. The predicted octanol–water partition coefficient (Wildman–Crippen LogP) is 3.87. The molecule has 1 atom stereocenters. The molecular weight excluding hydrogens is 390 g/mol. The second-order valence-electron chi connectivity index (χ2n) is 6.80. The maximum absolute atomic E-state index is 13.3. The summed E-state index contributed by atoms with van der Waals surface area (Å²) >= 11 is 0. The molecule has 3 rings (SSSR count). The predicted molar refractivity (Wildman–Crippen MR) is 116 cm³/mol. The summed E-state index contributed by atoms with van der Waals surface area (Å²) in [5, 5.41) is 3.37. The minimum Gasteiger partial charge on any atom is -0.490 e. The Morgan fingerprint density at radius 3 is 2.83 bits per heavy atom. The van der Waals surface area contributed by atoms with Crippen LogP contribution in [0.3, 0.4) is 0 Å². The molecule has 2 heterocycles. The fourth-order valence-electron chi connectivity index (χ4n) is 3.34. The number of ether oxygens (including phenoxy) is 2. The number of amides is 1. The van der Waals surface area contributed by atoms with Crippen molar-refractivity contribution in [3.05, 3.63) is 53.9 Å². The molecule has 1 aromatic carbocycles. The average molecular weight is 420 g/mol. The summed E-state index contributed by atoms with van der Waals surface area (Å²) in [6.07, 6.45) is 5.63. The standard InChI is InChI=1S/C22H29N3O3.ClH/c1-3-5-13-28-20-9-8-17(14-21(20)27-4-2)22(26)25-12-11-24-16-19(25)18-7-6-10-23-15-18;/h6-10,14-15,19,24H,3-5,11-13,16H2,1-2H3;1H. The van der Waals surface area contributed by atoms with Crippen LogP contribution in [0.2, 0.25) is 0 Å². The van der Waals surface area contributed by atoms with Crippen LogP contribution in [-0.2, 0) is 0 Å². The van der Waals surface area contributed by atoms with Gasteiger partial charge in [0.25, 0.3) is 5.91 Å². The number of carbonyl (C=O) groups is 1. The van der Waals surface area contributed by atoms with Crippen molar-refractivity contribution in [3.63, 3.8) is 0 Å². The molecule has 0 aliphatic carbocycles. The molecule has 158 valence electrons. The third-order valence-corrected chi connectivity index (χ3v) is 4.82. The van der Waals surface area contributed by atoms with Gasteiger partial charge in [0.2, 0.25) is 0 Å². The minimum absolute atomic E-state index is 0. The van der Waals surface area contributed by atoms with Gasteiger partial charge < -0.3 is 19.7 Å². The van der Waals surface area contributed by atoms with Crippen LogP contribution in [0.1, 0.15) is 48.7 Å². The van der Waals surface area contributed by atoms with Gasteiger partial charge in [0.05, 0.1) is 19.3 Å². The first-order chi connectivity index (χ1) is 13.7. The van der Waals surface area contributed by atoms with Crippen molar-refractivity contribution in [3.8, 4) is 11.5 Å². The van der Waals surface area contributed by atoms with Crippen molar-refractivity contribution >= 4 is 18.3 Å². The van der Waals surface area contributed by atoms with Crippen LogP contribution >= 0.6 is 12.4 Å². The second-order valence-corrected chi connectivity index (χ2v) is 6.80. The number of unbranched alkanes of at least 4 members (excludes halogenated alkanes) is 1. The summed E-state index contributed by atoms with van der Waals surface area (Å²) in [6, 6.07) is 9.36. The Hall–Kier alpha value is -2.31. The molecule has 1 N–H and O–H groups in total. The number of rotatable bonds is 8.